The molecule has 3 nitrogen and oxygen atoms in total. The predicted molar refractivity (Wildman–Crippen MR) is 79.3 cm³/mol. The van der Waals surface area contributed by atoms with Crippen molar-refractivity contribution in [1.29, 1.82) is 0 Å². The van der Waals surface area contributed by atoms with Crippen LogP contribution < -0.4 is 4.74 Å². The van der Waals surface area contributed by atoms with Crippen molar-refractivity contribution in [3.8, 4) is 18.1 Å². The zero-order valence-electron chi connectivity index (χ0n) is 11.0. The Bertz CT molecular complexity index is 754. The summed E-state index contributed by atoms with van der Waals surface area (Å²) in [5.41, 5.74) is 1.98. The predicted octanol–water partition coefficient (Wildman–Crippen LogP) is 3.25. The standard InChI is InChI=1S/C17H14N2O/c1-2-12-19-16-11-7-6-10-15(16)18-17(19)13-20-14-8-4-3-5-9-14/h1,3-11H,12-13H2. The van der Waals surface area contributed by atoms with E-state index in [1.807, 2.05) is 59.2 Å². The summed E-state index contributed by atoms with van der Waals surface area (Å²) in [7, 11) is 0. The number of hydrogen-bond donors (Lipinski definition) is 0. The van der Waals surface area contributed by atoms with E-state index in [1.54, 1.807) is 0 Å². The van der Waals surface area contributed by atoms with Gasteiger partial charge in [-0.25, -0.2) is 4.98 Å². The van der Waals surface area contributed by atoms with Gasteiger partial charge in [0.05, 0.1) is 17.6 Å². The first-order valence-corrected chi connectivity index (χ1v) is 6.44. The summed E-state index contributed by atoms with van der Waals surface area (Å²) >= 11 is 0. The van der Waals surface area contributed by atoms with Crippen LogP contribution in [0.4, 0.5) is 0 Å². The van der Waals surface area contributed by atoms with Gasteiger partial charge in [0.1, 0.15) is 18.2 Å². The molecule has 0 aliphatic heterocycles. The molecular weight excluding hydrogens is 248 g/mol. The molecule has 0 spiro atoms. The quantitative estimate of drug-likeness (QED) is 0.675. The van der Waals surface area contributed by atoms with Gasteiger partial charge in [0.25, 0.3) is 0 Å². The van der Waals surface area contributed by atoms with Crippen LogP contribution in [0.5, 0.6) is 5.75 Å². The Kier molecular flexibility index (Phi) is 3.38. The molecule has 0 aliphatic rings. The number of ether oxygens (including phenoxy) is 1. The fraction of sp³-hybridized carbons (Fsp3) is 0.118. The third-order valence-electron chi connectivity index (χ3n) is 3.09. The third kappa shape index (κ3) is 2.36. The molecule has 3 rings (SSSR count). The summed E-state index contributed by atoms with van der Waals surface area (Å²) in [6.45, 7) is 0.897. The minimum absolute atomic E-state index is 0.403. The normalized spacial score (nSPS) is 10.3. The van der Waals surface area contributed by atoms with E-state index in [1.165, 1.54) is 0 Å². The topological polar surface area (TPSA) is 27.1 Å². The van der Waals surface area contributed by atoms with Crippen molar-refractivity contribution in [1.82, 2.24) is 9.55 Å². The lowest BCUT2D eigenvalue weighted by Crippen LogP contribution is -2.06. The summed E-state index contributed by atoms with van der Waals surface area (Å²) in [5.74, 6) is 4.33. The average molecular weight is 262 g/mol. The number of benzene rings is 2. The Labute approximate surface area is 117 Å². The Morgan fingerprint density at radius 3 is 2.60 bits per heavy atom. The highest BCUT2D eigenvalue weighted by atomic mass is 16.5. The molecule has 1 heterocycles. The number of imidazole rings is 1. The van der Waals surface area contributed by atoms with E-state index < -0.39 is 0 Å². The highest BCUT2D eigenvalue weighted by Gasteiger charge is 2.09. The second-order valence-electron chi connectivity index (χ2n) is 4.41. The molecule has 20 heavy (non-hydrogen) atoms. The van der Waals surface area contributed by atoms with E-state index >= 15 is 0 Å². The minimum Gasteiger partial charge on any atom is -0.486 e. The maximum Gasteiger partial charge on any atom is 0.148 e. The Morgan fingerprint density at radius 1 is 1.05 bits per heavy atom. The number of nitrogens with zero attached hydrogens (tertiary/aromatic N) is 2. The number of para-hydroxylation sites is 3. The van der Waals surface area contributed by atoms with E-state index in [4.69, 9.17) is 11.2 Å². The highest BCUT2D eigenvalue weighted by Crippen LogP contribution is 2.18. The zero-order chi connectivity index (χ0) is 13.8. The third-order valence-corrected chi connectivity index (χ3v) is 3.09. The zero-order valence-corrected chi connectivity index (χ0v) is 11.0. The lowest BCUT2D eigenvalue weighted by Gasteiger charge is -2.07. The lowest BCUT2D eigenvalue weighted by atomic mass is 10.3. The molecule has 0 unspecified atom stereocenters. The second kappa shape index (κ2) is 5.50. The molecule has 0 N–H and O–H groups in total. The van der Waals surface area contributed by atoms with Gasteiger partial charge in [-0.3, -0.25) is 0 Å². The van der Waals surface area contributed by atoms with Gasteiger partial charge in [-0.15, -0.1) is 6.42 Å². The first-order chi connectivity index (χ1) is 9.88. The van der Waals surface area contributed by atoms with Gasteiger partial charge in [-0.2, -0.15) is 0 Å². The number of rotatable bonds is 4. The van der Waals surface area contributed by atoms with E-state index in [0.717, 1.165) is 22.6 Å². The van der Waals surface area contributed by atoms with Crippen LogP contribution >= 0.6 is 0 Å². The first kappa shape index (κ1) is 12.3. The summed E-state index contributed by atoms with van der Waals surface area (Å²) < 4.78 is 7.77. The fourth-order valence-corrected chi connectivity index (χ4v) is 2.17. The molecule has 0 saturated carbocycles. The summed E-state index contributed by atoms with van der Waals surface area (Å²) in [5, 5.41) is 0. The first-order valence-electron chi connectivity index (χ1n) is 6.44. The van der Waals surface area contributed by atoms with Crippen molar-refractivity contribution in [2.24, 2.45) is 0 Å². The van der Waals surface area contributed by atoms with Crippen LogP contribution in [0.25, 0.3) is 11.0 Å². The molecule has 98 valence electrons. The Morgan fingerprint density at radius 2 is 1.80 bits per heavy atom. The van der Waals surface area contributed by atoms with Crippen LogP contribution in [0, 0.1) is 12.3 Å². The smallest absolute Gasteiger partial charge is 0.148 e. The molecule has 0 amide bonds. The summed E-state index contributed by atoms with van der Waals surface area (Å²) in [6, 6.07) is 17.7. The molecule has 3 aromatic rings. The summed E-state index contributed by atoms with van der Waals surface area (Å²) in [6.07, 6.45) is 5.45. The number of fused-ring (bicyclic) bond motifs is 1. The molecule has 0 radical (unpaired) electrons. The molecule has 3 heteroatoms. The molecule has 1 aromatic heterocycles. The van der Waals surface area contributed by atoms with Crippen LogP contribution in [0.15, 0.2) is 54.6 Å². The molecule has 2 aromatic carbocycles. The van der Waals surface area contributed by atoms with Crippen molar-refractivity contribution in [3.05, 3.63) is 60.4 Å². The molecule has 0 atom stereocenters. The van der Waals surface area contributed by atoms with Gasteiger partial charge in [0.2, 0.25) is 0 Å². The van der Waals surface area contributed by atoms with Crippen LogP contribution in [0.2, 0.25) is 0 Å². The van der Waals surface area contributed by atoms with Crippen molar-refractivity contribution in [2.45, 2.75) is 13.2 Å². The maximum absolute atomic E-state index is 5.76. The van der Waals surface area contributed by atoms with Gasteiger partial charge >= 0.3 is 0 Å². The number of hydrogen-bond acceptors (Lipinski definition) is 2. The largest absolute Gasteiger partial charge is 0.486 e. The number of aromatic nitrogens is 2. The van der Waals surface area contributed by atoms with Crippen molar-refractivity contribution < 1.29 is 4.74 Å². The number of terminal acetylenes is 1. The Balaban J connectivity index is 1.91. The molecule has 0 aliphatic carbocycles. The van der Waals surface area contributed by atoms with Gasteiger partial charge in [0, 0.05) is 0 Å². The van der Waals surface area contributed by atoms with Crippen LogP contribution in [0.1, 0.15) is 5.82 Å². The molecule has 0 fully saturated rings. The maximum atomic E-state index is 5.76. The van der Waals surface area contributed by atoms with Crippen molar-refractivity contribution >= 4 is 11.0 Å². The van der Waals surface area contributed by atoms with Crippen LogP contribution in [0.3, 0.4) is 0 Å². The van der Waals surface area contributed by atoms with Gasteiger partial charge < -0.3 is 9.30 Å². The van der Waals surface area contributed by atoms with E-state index in [0.29, 0.717) is 13.2 Å². The molecule has 0 bridgehead atoms. The molecular formula is C17H14N2O. The van der Waals surface area contributed by atoms with Gasteiger partial charge in [-0.05, 0) is 24.3 Å². The Hall–Kier alpha value is -2.73. The van der Waals surface area contributed by atoms with E-state index in [-0.39, 0.29) is 0 Å². The SMILES string of the molecule is C#CCn1c(COc2ccccc2)nc2ccccc21. The second-order valence-corrected chi connectivity index (χ2v) is 4.41. The lowest BCUT2D eigenvalue weighted by molar-refractivity contribution is 0.291. The van der Waals surface area contributed by atoms with E-state index in [9.17, 15) is 0 Å². The monoisotopic (exact) mass is 262 g/mol. The summed E-state index contributed by atoms with van der Waals surface area (Å²) in [4.78, 5) is 4.59. The average Bonchev–Trinajstić information content (AvgIpc) is 2.85. The highest BCUT2D eigenvalue weighted by molar-refractivity contribution is 5.76. The van der Waals surface area contributed by atoms with Crippen molar-refractivity contribution in [2.75, 3.05) is 0 Å². The van der Waals surface area contributed by atoms with Crippen LogP contribution in [-0.2, 0) is 13.2 Å². The van der Waals surface area contributed by atoms with Gasteiger partial charge in [0.15, 0.2) is 0 Å². The van der Waals surface area contributed by atoms with Crippen LogP contribution in [-0.4, -0.2) is 9.55 Å². The molecule has 0 saturated heterocycles. The van der Waals surface area contributed by atoms with Gasteiger partial charge in [-0.1, -0.05) is 36.3 Å². The fourth-order valence-electron chi connectivity index (χ4n) is 2.17. The van der Waals surface area contributed by atoms with E-state index in [2.05, 4.69) is 10.9 Å². The van der Waals surface area contributed by atoms with Crippen molar-refractivity contribution in [3.63, 3.8) is 0 Å². The minimum atomic E-state index is 0.403.